The third-order valence-corrected chi connectivity index (χ3v) is 4.66. The maximum atomic E-state index is 12.4. The Hall–Kier alpha value is -2.51. The molecule has 0 heterocycles. The van der Waals surface area contributed by atoms with Gasteiger partial charge in [0, 0.05) is 22.8 Å². The number of carbonyl (C=O) groups excluding carboxylic acids is 3. The molecule has 2 aromatic rings. The van der Waals surface area contributed by atoms with Crippen molar-refractivity contribution in [2.75, 3.05) is 29.2 Å². The highest BCUT2D eigenvalue weighted by Crippen LogP contribution is 2.22. The number of halogens is 1. The molecule has 0 aliphatic heterocycles. The van der Waals surface area contributed by atoms with Crippen LogP contribution in [-0.4, -0.2) is 36.4 Å². The molecule has 2 rings (SSSR count). The highest BCUT2D eigenvalue weighted by molar-refractivity contribution is 7.99. The topological polar surface area (TPSA) is 84.5 Å². The molecule has 0 bridgehead atoms. The number of amides is 2. The molecule has 2 aromatic carbocycles. The van der Waals surface area contributed by atoms with E-state index >= 15 is 0 Å². The molecule has 0 saturated heterocycles. The van der Waals surface area contributed by atoms with Gasteiger partial charge in [-0.3, -0.25) is 14.4 Å². The lowest BCUT2D eigenvalue weighted by Gasteiger charge is -2.12. The van der Waals surface area contributed by atoms with Crippen LogP contribution >= 0.6 is 23.4 Å². The lowest BCUT2D eigenvalue weighted by atomic mass is 10.2. The van der Waals surface area contributed by atoms with Crippen LogP contribution in [0.2, 0.25) is 5.02 Å². The van der Waals surface area contributed by atoms with E-state index in [1.165, 1.54) is 18.9 Å². The van der Waals surface area contributed by atoms with E-state index in [-0.39, 0.29) is 30.0 Å². The smallest absolute Gasteiger partial charge is 0.315 e. The van der Waals surface area contributed by atoms with Gasteiger partial charge in [0.1, 0.15) is 0 Å². The van der Waals surface area contributed by atoms with Crippen molar-refractivity contribution in [2.45, 2.75) is 6.42 Å². The third-order valence-electron chi connectivity index (χ3n) is 3.48. The highest BCUT2D eigenvalue weighted by atomic mass is 35.5. The Balaban J connectivity index is 1.92. The van der Waals surface area contributed by atoms with Crippen molar-refractivity contribution in [3.63, 3.8) is 0 Å². The van der Waals surface area contributed by atoms with E-state index in [1.807, 2.05) is 0 Å². The van der Waals surface area contributed by atoms with Crippen LogP contribution in [0.5, 0.6) is 0 Å². The quantitative estimate of drug-likeness (QED) is 0.514. The molecule has 142 valence electrons. The Kier molecular flexibility index (Phi) is 8.16. The van der Waals surface area contributed by atoms with Gasteiger partial charge < -0.3 is 15.4 Å². The van der Waals surface area contributed by atoms with Crippen LogP contribution in [0.4, 0.5) is 11.4 Å². The fraction of sp³-hybridized carbons (Fsp3) is 0.211. The zero-order valence-corrected chi connectivity index (χ0v) is 16.2. The fourth-order valence-electron chi connectivity index (χ4n) is 2.09. The summed E-state index contributed by atoms with van der Waals surface area (Å²) in [6.07, 6.45) is 0.237. The van der Waals surface area contributed by atoms with Crippen molar-refractivity contribution in [2.24, 2.45) is 0 Å². The van der Waals surface area contributed by atoms with Gasteiger partial charge in [0.05, 0.1) is 24.2 Å². The molecule has 0 aliphatic rings. The lowest BCUT2D eigenvalue weighted by Crippen LogP contribution is -2.17. The number of carbonyl (C=O) groups is 3. The van der Waals surface area contributed by atoms with Crippen molar-refractivity contribution < 1.29 is 19.1 Å². The Morgan fingerprint density at radius 1 is 1.00 bits per heavy atom. The van der Waals surface area contributed by atoms with Gasteiger partial charge in [0.25, 0.3) is 5.91 Å². The molecule has 0 fully saturated rings. The van der Waals surface area contributed by atoms with Crippen molar-refractivity contribution >= 4 is 52.5 Å². The summed E-state index contributed by atoms with van der Waals surface area (Å²) >= 11 is 7.15. The average Bonchev–Trinajstić information content (AvgIpc) is 2.67. The van der Waals surface area contributed by atoms with Crippen LogP contribution < -0.4 is 10.6 Å². The summed E-state index contributed by atoms with van der Waals surface area (Å²) in [5.41, 5.74) is 1.45. The summed E-state index contributed by atoms with van der Waals surface area (Å²) in [4.78, 5) is 35.5. The number of benzene rings is 2. The molecule has 6 nitrogen and oxygen atoms in total. The first-order chi connectivity index (χ1) is 13.0. The fourth-order valence-corrected chi connectivity index (χ4v) is 2.97. The zero-order chi connectivity index (χ0) is 19.6. The maximum Gasteiger partial charge on any atom is 0.315 e. The number of anilines is 2. The summed E-state index contributed by atoms with van der Waals surface area (Å²) in [6.45, 7) is 0. The zero-order valence-electron chi connectivity index (χ0n) is 14.7. The molecule has 2 amide bonds. The van der Waals surface area contributed by atoms with Gasteiger partial charge in [-0.15, -0.1) is 11.8 Å². The minimum Gasteiger partial charge on any atom is -0.468 e. The number of thioether (sulfide) groups is 1. The molecule has 0 spiro atoms. The molecule has 27 heavy (non-hydrogen) atoms. The van der Waals surface area contributed by atoms with E-state index in [4.69, 9.17) is 11.6 Å². The predicted octanol–water partition coefficient (Wildman–Crippen LogP) is 3.83. The molecule has 0 aromatic heterocycles. The van der Waals surface area contributed by atoms with Gasteiger partial charge in [-0.2, -0.15) is 0 Å². The molecule has 0 atom stereocenters. The SMILES string of the molecule is COC(=O)CSCCC(=O)Nc1ccccc1NC(=O)c1ccc(Cl)cc1. The largest absolute Gasteiger partial charge is 0.468 e. The Morgan fingerprint density at radius 3 is 2.26 bits per heavy atom. The minimum absolute atomic E-state index is 0.206. The lowest BCUT2D eigenvalue weighted by molar-refractivity contribution is -0.137. The summed E-state index contributed by atoms with van der Waals surface area (Å²) < 4.78 is 4.54. The van der Waals surface area contributed by atoms with Gasteiger partial charge in [0.2, 0.25) is 5.91 Å². The van der Waals surface area contributed by atoms with Crippen LogP contribution in [0.15, 0.2) is 48.5 Å². The van der Waals surface area contributed by atoms with E-state index in [0.29, 0.717) is 27.7 Å². The van der Waals surface area contributed by atoms with Crippen molar-refractivity contribution in [1.29, 1.82) is 0 Å². The Bertz CT molecular complexity index is 812. The van der Waals surface area contributed by atoms with E-state index in [2.05, 4.69) is 15.4 Å². The first-order valence-electron chi connectivity index (χ1n) is 8.10. The number of nitrogens with one attached hydrogen (secondary N) is 2. The van der Waals surface area contributed by atoms with Crippen molar-refractivity contribution in [3.8, 4) is 0 Å². The Labute approximate surface area is 166 Å². The van der Waals surface area contributed by atoms with Crippen LogP contribution in [-0.2, 0) is 14.3 Å². The third kappa shape index (κ3) is 6.96. The van der Waals surface area contributed by atoms with Gasteiger partial charge in [0.15, 0.2) is 0 Å². The molecule has 0 unspecified atom stereocenters. The van der Waals surface area contributed by atoms with E-state index in [0.717, 1.165) is 0 Å². The summed E-state index contributed by atoms with van der Waals surface area (Å²) in [5, 5.41) is 6.10. The number of hydrogen-bond acceptors (Lipinski definition) is 5. The van der Waals surface area contributed by atoms with E-state index in [9.17, 15) is 14.4 Å². The minimum atomic E-state index is -0.323. The molecule has 8 heteroatoms. The second-order valence-electron chi connectivity index (χ2n) is 5.43. The number of hydrogen-bond donors (Lipinski definition) is 2. The summed E-state index contributed by atoms with van der Waals surface area (Å²) in [5.74, 6) is -0.143. The molecular weight excluding hydrogens is 388 g/mol. The number of para-hydroxylation sites is 2. The molecule has 0 aliphatic carbocycles. The van der Waals surface area contributed by atoms with Gasteiger partial charge in [-0.25, -0.2) is 0 Å². The highest BCUT2D eigenvalue weighted by Gasteiger charge is 2.11. The van der Waals surface area contributed by atoms with E-state index in [1.54, 1.807) is 48.5 Å². The standard InChI is InChI=1S/C19H19ClN2O4S/c1-26-18(24)12-27-11-10-17(23)21-15-4-2-3-5-16(15)22-19(25)13-6-8-14(20)9-7-13/h2-9H,10-12H2,1H3,(H,21,23)(H,22,25). The van der Waals surface area contributed by atoms with Gasteiger partial charge in [-0.05, 0) is 36.4 Å². The summed E-state index contributed by atoms with van der Waals surface area (Å²) in [6, 6.07) is 13.5. The van der Waals surface area contributed by atoms with E-state index < -0.39 is 0 Å². The predicted molar refractivity (Wildman–Crippen MR) is 108 cm³/mol. The normalized spacial score (nSPS) is 10.1. The molecule has 2 N–H and O–H groups in total. The molecule has 0 saturated carbocycles. The second kappa shape index (κ2) is 10.6. The van der Waals surface area contributed by atoms with Crippen molar-refractivity contribution in [1.82, 2.24) is 0 Å². The summed E-state index contributed by atoms with van der Waals surface area (Å²) in [7, 11) is 1.32. The van der Waals surface area contributed by atoms with Gasteiger partial charge >= 0.3 is 5.97 Å². The maximum absolute atomic E-state index is 12.4. The van der Waals surface area contributed by atoms with Crippen LogP contribution in [0.1, 0.15) is 16.8 Å². The van der Waals surface area contributed by atoms with Crippen LogP contribution in [0.3, 0.4) is 0 Å². The number of esters is 1. The van der Waals surface area contributed by atoms with Crippen molar-refractivity contribution in [3.05, 3.63) is 59.1 Å². The number of rotatable bonds is 8. The average molecular weight is 407 g/mol. The number of methoxy groups -OCH3 is 1. The molecule has 0 radical (unpaired) electrons. The first kappa shape index (κ1) is 20.8. The molecular formula is C19H19ClN2O4S. The number of ether oxygens (including phenoxy) is 1. The first-order valence-corrected chi connectivity index (χ1v) is 9.63. The van der Waals surface area contributed by atoms with Gasteiger partial charge in [-0.1, -0.05) is 23.7 Å². The Morgan fingerprint density at radius 2 is 1.63 bits per heavy atom. The van der Waals surface area contributed by atoms with Crippen LogP contribution in [0.25, 0.3) is 0 Å². The second-order valence-corrected chi connectivity index (χ2v) is 6.98. The van der Waals surface area contributed by atoms with Crippen LogP contribution in [0, 0.1) is 0 Å². The monoisotopic (exact) mass is 406 g/mol.